The van der Waals surface area contributed by atoms with Crippen molar-refractivity contribution in [1.29, 1.82) is 0 Å². The van der Waals surface area contributed by atoms with Gasteiger partial charge in [-0.15, -0.1) is 0 Å². The van der Waals surface area contributed by atoms with Crippen LogP contribution in [0.3, 0.4) is 0 Å². The first kappa shape index (κ1) is 25.8. The van der Waals surface area contributed by atoms with Gasteiger partial charge in [0.25, 0.3) is 5.56 Å². The molecule has 0 unspecified atom stereocenters. The first-order chi connectivity index (χ1) is 18.4. The fourth-order valence-corrected chi connectivity index (χ4v) is 4.49. The maximum atomic E-state index is 13.5. The topological polar surface area (TPSA) is 95.4 Å². The Hall–Kier alpha value is -3.86. The number of halogens is 2. The van der Waals surface area contributed by atoms with Gasteiger partial charge in [-0.25, -0.2) is 9.37 Å². The Kier molecular flexibility index (Phi) is 7.64. The molecule has 196 valence electrons. The largest absolute Gasteiger partial charge is 0.326 e. The van der Waals surface area contributed by atoms with E-state index in [1.807, 2.05) is 0 Å². The fraction of sp³-hybridized carbons (Fsp3) is 0.259. The van der Waals surface area contributed by atoms with Crippen molar-refractivity contribution in [2.45, 2.75) is 6.42 Å². The molecule has 1 fully saturated rings. The molecule has 2 N–H and O–H groups in total. The average Bonchev–Trinajstić information content (AvgIpc) is 2.90. The monoisotopic (exact) mass is 535 g/mol. The average molecular weight is 536 g/mol. The number of nitrogens with one attached hydrogen (secondary N) is 2. The summed E-state index contributed by atoms with van der Waals surface area (Å²) >= 11 is 5.88. The van der Waals surface area contributed by atoms with E-state index in [9.17, 15) is 14.0 Å². The highest BCUT2D eigenvalue weighted by Gasteiger charge is 2.15. The fourth-order valence-electron chi connectivity index (χ4n) is 4.31. The number of nitrogens with zero attached hydrogens (tertiary/aromatic N) is 5. The Balaban J connectivity index is 1.36. The lowest BCUT2D eigenvalue weighted by Gasteiger charge is -2.32. The number of carbonyl (C=O) groups is 1. The molecule has 1 aliphatic rings. The number of rotatable bonds is 7. The number of likely N-dealkylation sites (N-methyl/N-ethyl adjacent to an activating group) is 1. The second kappa shape index (κ2) is 11.3. The van der Waals surface area contributed by atoms with E-state index in [-0.39, 0.29) is 22.4 Å². The minimum atomic E-state index is -0.531. The van der Waals surface area contributed by atoms with Gasteiger partial charge in [-0.2, -0.15) is 4.98 Å². The lowest BCUT2D eigenvalue weighted by Crippen LogP contribution is -2.45. The highest BCUT2D eigenvalue weighted by atomic mass is 35.5. The predicted octanol–water partition coefficient (Wildman–Crippen LogP) is 3.89. The van der Waals surface area contributed by atoms with Crippen molar-refractivity contribution in [2.75, 3.05) is 50.4 Å². The van der Waals surface area contributed by atoms with Gasteiger partial charge >= 0.3 is 0 Å². The highest BCUT2D eigenvalue weighted by Crippen LogP contribution is 2.23. The zero-order valence-electron chi connectivity index (χ0n) is 20.8. The SMILES string of the molecule is CN1CCN(CCC(=O)Nc2cccc(-n3c(=O)ccc4cnc(Nc5ccc(F)c(Cl)c5)nc43)c2)CC1. The van der Waals surface area contributed by atoms with E-state index in [0.717, 1.165) is 26.2 Å². The Morgan fingerprint density at radius 1 is 1.05 bits per heavy atom. The van der Waals surface area contributed by atoms with Crippen molar-refractivity contribution in [3.8, 4) is 5.69 Å². The van der Waals surface area contributed by atoms with Crippen LogP contribution in [0.2, 0.25) is 5.02 Å². The number of hydrogen-bond donors (Lipinski definition) is 2. The van der Waals surface area contributed by atoms with E-state index in [2.05, 4.69) is 37.4 Å². The van der Waals surface area contributed by atoms with Crippen molar-refractivity contribution in [3.05, 3.63) is 82.0 Å². The van der Waals surface area contributed by atoms with Crippen LogP contribution in [0.4, 0.5) is 21.7 Å². The number of anilines is 3. The normalized spacial score (nSPS) is 14.5. The molecule has 0 spiro atoms. The third-order valence-corrected chi connectivity index (χ3v) is 6.74. The van der Waals surface area contributed by atoms with Crippen molar-refractivity contribution in [1.82, 2.24) is 24.3 Å². The number of fused-ring (bicyclic) bond motifs is 1. The minimum Gasteiger partial charge on any atom is -0.326 e. The Morgan fingerprint density at radius 3 is 2.66 bits per heavy atom. The summed E-state index contributed by atoms with van der Waals surface area (Å²) in [5, 5.41) is 6.55. The Labute approximate surface area is 223 Å². The van der Waals surface area contributed by atoms with Crippen molar-refractivity contribution >= 4 is 45.9 Å². The molecule has 4 aromatic rings. The van der Waals surface area contributed by atoms with Crippen LogP contribution in [0.15, 0.2) is 65.6 Å². The molecule has 1 amide bonds. The lowest BCUT2D eigenvalue weighted by atomic mass is 10.2. The molecule has 3 heterocycles. The summed E-state index contributed by atoms with van der Waals surface area (Å²) in [7, 11) is 2.10. The first-order valence-electron chi connectivity index (χ1n) is 12.3. The summed E-state index contributed by atoms with van der Waals surface area (Å²) in [5.74, 6) is -0.400. The minimum absolute atomic E-state index is 0.0323. The molecule has 9 nitrogen and oxygen atoms in total. The standard InChI is InChI=1S/C27H27ClFN7O2/c1-34-11-13-35(14-12-34)10-9-24(37)31-19-3-2-4-21(15-19)36-25(38)8-5-18-17-30-27(33-26(18)36)32-20-6-7-23(29)22(28)16-20/h2-8,15-17H,9-14H2,1H3,(H,31,37)(H,30,32,33). The number of pyridine rings is 1. The third kappa shape index (κ3) is 5.99. The number of carbonyl (C=O) groups excluding carboxylic acids is 1. The molecule has 1 saturated heterocycles. The summed E-state index contributed by atoms with van der Waals surface area (Å²) in [6.07, 6.45) is 1.98. The van der Waals surface area contributed by atoms with Crippen LogP contribution in [-0.2, 0) is 4.79 Å². The maximum absolute atomic E-state index is 13.5. The van der Waals surface area contributed by atoms with Gasteiger partial charge in [0.1, 0.15) is 5.82 Å². The maximum Gasteiger partial charge on any atom is 0.256 e. The molecular weight excluding hydrogens is 509 g/mol. The van der Waals surface area contributed by atoms with Crippen LogP contribution in [-0.4, -0.2) is 70.0 Å². The van der Waals surface area contributed by atoms with E-state index < -0.39 is 5.82 Å². The van der Waals surface area contributed by atoms with Crippen LogP contribution < -0.4 is 16.2 Å². The molecule has 0 radical (unpaired) electrons. The van der Waals surface area contributed by atoms with Gasteiger partial charge in [0.2, 0.25) is 11.9 Å². The van der Waals surface area contributed by atoms with Gasteiger partial charge < -0.3 is 20.4 Å². The molecule has 5 rings (SSSR count). The summed E-state index contributed by atoms with van der Waals surface area (Å²) in [6, 6.07) is 14.4. The van der Waals surface area contributed by atoms with Gasteiger partial charge in [0.05, 0.1) is 10.7 Å². The smallest absolute Gasteiger partial charge is 0.256 e. The Bertz CT molecular complexity index is 1540. The summed E-state index contributed by atoms with van der Waals surface area (Å²) < 4.78 is 15.0. The number of amides is 1. The molecule has 1 aliphatic heterocycles. The van der Waals surface area contributed by atoms with E-state index in [0.29, 0.717) is 41.1 Å². The van der Waals surface area contributed by atoms with E-state index in [4.69, 9.17) is 11.6 Å². The van der Waals surface area contributed by atoms with Gasteiger partial charge in [-0.1, -0.05) is 17.7 Å². The van der Waals surface area contributed by atoms with Gasteiger partial charge in [-0.3, -0.25) is 14.2 Å². The number of piperazine rings is 1. The van der Waals surface area contributed by atoms with Crippen molar-refractivity contribution < 1.29 is 9.18 Å². The third-order valence-electron chi connectivity index (χ3n) is 6.45. The van der Waals surface area contributed by atoms with Gasteiger partial charge in [0, 0.05) is 68.2 Å². The lowest BCUT2D eigenvalue weighted by molar-refractivity contribution is -0.116. The summed E-state index contributed by atoms with van der Waals surface area (Å²) in [6.45, 7) is 4.62. The van der Waals surface area contributed by atoms with Crippen LogP contribution in [0.1, 0.15) is 6.42 Å². The van der Waals surface area contributed by atoms with Gasteiger partial charge in [-0.05, 0) is 49.5 Å². The summed E-state index contributed by atoms with van der Waals surface area (Å²) in [4.78, 5) is 39.0. The van der Waals surface area contributed by atoms with E-state index >= 15 is 0 Å². The highest BCUT2D eigenvalue weighted by molar-refractivity contribution is 6.31. The Morgan fingerprint density at radius 2 is 1.87 bits per heavy atom. The van der Waals surface area contributed by atoms with Gasteiger partial charge in [0.15, 0.2) is 5.65 Å². The molecule has 38 heavy (non-hydrogen) atoms. The van der Waals surface area contributed by atoms with E-state index in [1.165, 1.54) is 28.8 Å². The number of benzene rings is 2. The van der Waals surface area contributed by atoms with Crippen LogP contribution in [0, 0.1) is 5.82 Å². The van der Waals surface area contributed by atoms with Crippen LogP contribution in [0.5, 0.6) is 0 Å². The van der Waals surface area contributed by atoms with Crippen molar-refractivity contribution in [3.63, 3.8) is 0 Å². The molecular formula is C27H27ClFN7O2. The molecule has 0 aliphatic carbocycles. The molecule has 2 aromatic carbocycles. The number of aromatic nitrogens is 3. The number of hydrogen-bond acceptors (Lipinski definition) is 7. The van der Waals surface area contributed by atoms with Crippen LogP contribution in [0.25, 0.3) is 16.7 Å². The molecule has 0 bridgehead atoms. The van der Waals surface area contributed by atoms with Crippen LogP contribution >= 0.6 is 11.6 Å². The second-order valence-corrected chi connectivity index (χ2v) is 9.63. The van der Waals surface area contributed by atoms with Crippen molar-refractivity contribution in [2.24, 2.45) is 0 Å². The second-order valence-electron chi connectivity index (χ2n) is 9.23. The predicted molar refractivity (Wildman–Crippen MR) is 147 cm³/mol. The molecule has 0 atom stereocenters. The molecule has 11 heteroatoms. The zero-order chi connectivity index (χ0) is 26.6. The molecule has 2 aromatic heterocycles. The quantitative estimate of drug-likeness (QED) is 0.370. The molecule has 0 saturated carbocycles. The first-order valence-corrected chi connectivity index (χ1v) is 12.7. The van der Waals surface area contributed by atoms with E-state index in [1.54, 1.807) is 36.5 Å². The zero-order valence-corrected chi connectivity index (χ0v) is 21.6. The summed E-state index contributed by atoms with van der Waals surface area (Å²) in [5.41, 5.74) is 1.73.